The highest BCUT2D eigenvalue weighted by Gasteiger charge is 2.17. The molecule has 128 valence electrons. The van der Waals surface area contributed by atoms with Crippen LogP contribution in [0.1, 0.15) is 11.1 Å². The van der Waals surface area contributed by atoms with Crippen molar-refractivity contribution in [1.29, 1.82) is 0 Å². The second-order valence-corrected chi connectivity index (χ2v) is 6.18. The third-order valence-electron chi connectivity index (χ3n) is 4.19. The van der Waals surface area contributed by atoms with Gasteiger partial charge in [-0.25, -0.2) is 9.97 Å². The molecule has 1 N–H and O–H groups in total. The van der Waals surface area contributed by atoms with E-state index in [1.165, 1.54) is 5.56 Å². The highest BCUT2D eigenvalue weighted by Crippen LogP contribution is 2.28. The number of carbonyl (C=O) groups excluding carboxylic acids is 1. The number of imidazole rings is 1. The van der Waals surface area contributed by atoms with Gasteiger partial charge in [-0.2, -0.15) is 0 Å². The summed E-state index contributed by atoms with van der Waals surface area (Å²) >= 11 is 0. The van der Waals surface area contributed by atoms with Crippen LogP contribution in [0.3, 0.4) is 0 Å². The molecule has 0 unspecified atom stereocenters. The highest BCUT2D eigenvalue weighted by atomic mass is 16.1. The summed E-state index contributed by atoms with van der Waals surface area (Å²) in [6.45, 7) is 2.04. The molecule has 1 amide bonds. The van der Waals surface area contributed by atoms with E-state index in [0.717, 1.165) is 11.1 Å². The molecule has 0 saturated carbocycles. The lowest BCUT2D eigenvalue weighted by Gasteiger charge is -2.08. The molecule has 0 fully saturated rings. The second-order valence-electron chi connectivity index (χ2n) is 6.18. The number of hydrogen-bond acceptors (Lipinski definition) is 3. The van der Waals surface area contributed by atoms with Gasteiger partial charge in [0.05, 0.1) is 6.42 Å². The normalized spacial score (nSPS) is 10.8. The molecule has 5 nitrogen and oxygen atoms in total. The van der Waals surface area contributed by atoms with E-state index < -0.39 is 0 Å². The fourth-order valence-electron chi connectivity index (χ4n) is 2.88. The van der Waals surface area contributed by atoms with Gasteiger partial charge in [0.2, 0.25) is 11.7 Å². The number of rotatable bonds is 4. The molecule has 0 saturated heterocycles. The zero-order chi connectivity index (χ0) is 17.9. The van der Waals surface area contributed by atoms with Crippen LogP contribution < -0.4 is 5.32 Å². The number of amides is 1. The molecular weight excluding hydrogens is 324 g/mol. The van der Waals surface area contributed by atoms with Crippen LogP contribution in [0.2, 0.25) is 0 Å². The Hall–Kier alpha value is -3.47. The van der Waals surface area contributed by atoms with Gasteiger partial charge in [-0.15, -0.1) is 0 Å². The van der Waals surface area contributed by atoms with Crippen LogP contribution >= 0.6 is 0 Å². The Balaban J connectivity index is 1.72. The molecule has 2 aromatic heterocycles. The fraction of sp³-hybridized carbons (Fsp3) is 0.0952. The summed E-state index contributed by atoms with van der Waals surface area (Å²) in [4.78, 5) is 21.5. The largest absolute Gasteiger partial charge is 0.310 e. The monoisotopic (exact) mass is 342 g/mol. The summed E-state index contributed by atoms with van der Waals surface area (Å²) in [7, 11) is 0. The van der Waals surface area contributed by atoms with Crippen LogP contribution in [-0.2, 0) is 11.2 Å². The van der Waals surface area contributed by atoms with Crippen molar-refractivity contribution in [2.24, 2.45) is 0 Å². The van der Waals surface area contributed by atoms with Gasteiger partial charge in [0, 0.05) is 18.0 Å². The Morgan fingerprint density at radius 1 is 1.04 bits per heavy atom. The van der Waals surface area contributed by atoms with Crippen molar-refractivity contribution >= 4 is 17.5 Å². The first-order valence-corrected chi connectivity index (χ1v) is 8.44. The molecule has 2 heterocycles. The molecule has 26 heavy (non-hydrogen) atoms. The highest BCUT2D eigenvalue weighted by molar-refractivity contribution is 5.95. The molecule has 2 aromatic carbocycles. The Kier molecular flexibility index (Phi) is 4.19. The molecule has 0 spiro atoms. The Labute approximate surface area is 151 Å². The van der Waals surface area contributed by atoms with Gasteiger partial charge in [-0.05, 0) is 18.6 Å². The quantitative estimate of drug-likeness (QED) is 0.612. The molecule has 4 rings (SSSR count). The number of carbonyl (C=O) groups is 1. The number of aromatic nitrogens is 3. The van der Waals surface area contributed by atoms with E-state index in [2.05, 4.69) is 15.3 Å². The zero-order valence-corrected chi connectivity index (χ0v) is 14.4. The minimum absolute atomic E-state index is 0.0878. The van der Waals surface area contributed by atoms with Crippen molar-refractivity contribution in [3.8, 4) is 11.3 Å². The maximum absolute atomic E-state index is 12.6. The standard InChI is InChI=1S/C21H18N4O/c1-15-8-10-17(11-9-15)19-20(25-13-5-12-22-21(25)24-19)23-18(26)14-16-6-3-2-4-7-16/h2-13H,14H2,1H3,(H,23,26). The van der Waals surface area contributed by atoms with E-state index in [9.17, 15) is 4.79 Å². The van der Waals surface area contributed by atoms with E-state index >= 15 is 0 Å². The van der Waals surface area contributed by atoms with E-state index in [1.807, 2.05) is 73.8 Å². The van der Waals surface area contributed by atoms with Crippen LogP contribution in [0.25, 0.3) is 17.0 Å². The first-order chi connectivity index (χ1) is 12.7. The van der Waals surface area contributed by atoms with Crippen LogP contribution in [-0.4, -0.2) is 20.3 Å². The molecule has 0 aliphatic carbocycles. The lowest BCUT2D eigenvalue weighted by Crippen LogP contribution is -2.16. The predicted octanol–water partition coefficient (Wildman–Crippen LogP) is 3.89. The Morgan fingerprint density at radius 2 is 1.81 bits per heavy atom. The summed E-state index contributed by atoms with van der Waals surface area (Å²) in [5.41, 5.74) is 3.79. The SMILES string of the molecule is Cc1ccc(-c2nc3ncccn3c2NC(=O)Cc2ccccc2)cc1. The van der Waals surface area contributed by atoms with Gasteiger partial charge in [0.15, 0.2) is 0 Å². The van der Waals surface area contributed by atoms with E-state index in [-0.39, 0.29) is 5.91 Å². The van der Waals surface area contributed by atoms with Crippen LogP contribution in [0.5, 0.6) is 0 Å². The van der Waals surface area contributed by atoms with Crippen molar-refractivity contribution in [3.05, 3.63) is 84.2 Å². The van der Waals surface area contributed by atoms with Crippen LogP contribution in [0.15, 0.2) is 73.1 Å². The van der Waals surface area contributed by atoms with Gasteiger partial charge in [0.25, 0.3) is 0 Å². The fourth-order valence-corrected chi connectivity index (χ4v) is 2.88. The number of benzene rings is 2. The minimum atomic E-state index is -0.0878. The van der Waals surface area contributed by atoms with Crippen molar-refractivity contribution in [1.82, 2.24) is 14.4 Å². The maximum atomic E-state index is 12.6. The Bertz CT molecular complexity index is 1050. The third-order valence-corrected chi connectivity index (χ3v) is 4.19. The van der Waals surface area contributed by atoms with E-state index in [4.69, 9.17) is 0 Å². The Morgan fingerprint density at radius 3 is 2.58 bits per heavy atom. The number of nitrogens with zero attached hydrogens (tertiary/aromatic N) is 3. The first-order valence-electron chi connectivity index (χ1n) is 8.44. The van der Waals surface area contributed by atoms with E-state index in [1.54, 1.807) is 10.6 Å². The average Bonchev–Trinajstić information content (AvgIpc) is 3.02. The molecule has 0 aliphatic rings. The maximum Gasteiger partial charge on any atom is 0.235 e. The van der Waals surface area contributed by atoms with Gasteiger partial charge in [0.1, 0.15) is 11.5 Å². The number of fused-ring (bicyclic) bond motifs is 1. The van der Waals surface area contributed by atoms with E-state index in [0.29, 0.717) is 23.7 Å². The molecule has 0 radical (unpaired) electrons. The lowest BCUT2D eigenvalue weighted by molar-refractivity contribution is -0.115. The summed E-state index contributed by atoms with van der Waals surface area (Å²) in [5.74, 6) is 1.10. The van der Waals surface area contributed by atoms with Gasteiger partial charge in [-0.1, -0.05) is 60.2 Å². The van der Waals surface area contributed by atoms with Crippen molar-refractivity contribution < 1.29 is 4.79 Å². The van der Waals surface area contributed by atoms with Crippen molar-refractivity contribution in [2.75, 3.05) is 5.32 Å². The minimum Gasteiger partial charge on any atom is -0.310 e. The molecule has 5 heteroatoms. The average molecular weight is 342 g/mol. The van der Waals surface area contributed by atoms with Gasteiger partial charge < -0.3 is 5.32 Å². The molecule has 0 aliphatic heterocycles. The topological polar surface area (TPSA) is 59.3 Å². The summed E-state index contributed by atoms with van der Waals surface area (Å²) in [5, 5.41) is 3.02. The molecule has 0 atom stereocenters. The summed E-state index contributed by atoms with van der Waals surface area (Å²) in [6, 6.07) is 19.6. The summed E-state index contributed by atoms with van der Waals surface area (Å²) in [6.07, 6.45) is 3.85. The van der Waals surface area contributed by atoms with Gasteiger partial charge >= 0.3 is 0 Å². The number of nitrogens with one attached hydrogen (secondary N) is 1. The molecular formula is C21H18N4O. The van der Waals surface area contributed by atoms with Crippen molar-refractivity contribution in [3.63, 3.8) is 0 Å². The second kappa shape index (κ2) is 6.80. The number of anilines is 1. The van der Waals surface area contributed by atoms with Crippen molar-refractivity contribution in [2.45, 2.75) is 13.3 Å². The molecule has 0 bridgehead atoms. The van der Waals surface area contributed by atoms with Crippen LogP contribution in [0.4, 0.5) is 5.82 Å². The first kappa shape index (κ1) is 16.0. The smallest absolute Gasteiger partial charge is 0.235 e. The zero-order valence-electron chi connectivity index (χ0n) is 14.4. The number of aryl methyl sites for hydroxylation is 1. The molecule has 4 aromatic rings. The van der Waals surface area contributed by atoms with Crippen LogP contribution in [0, 0.1) is 6.92 Å². The lowest BCUT2D eigenvalue weighted by atomic mass is 10.1. The summed E-state index contributed by atoms with van der Waals surface area (Å²) < 4.78 is 1.80. The third kappa shape index (κ3) is 3.19. The van der Waals surface area contributed by atoms with Gasteiger partial charge in [-0.3, -0.25) is 9.20 Å². The predicted molar refractivity (Wildman–Crippen MR) is 102 cm³/mol. The number of hydrogen-bond donors (Lipinski definition) is 1.